The lowest BCUT2D eigenvalue weighted by Crippen LogP contribution is -2.26. The van der Waals surface area contributed by atoms with Crippen LogP contribution in [0.3, 0.4) is 0 Å². The first kappa shape index (κ1) is 18.0. The molecule has 0 spiro atoms. The monoisotopic (exact) mass is 374 g/mol. The van der Waals surface area contributed by atoms with Crippen molar-refractivity contribution in [1.29, 1.82) is 0 Å². The summed E-state index contributed by atoms with van der Waals surface area (Å²) < 4.78 is 37.4. The van der Waals surface area contributed by atoms with Crippen LogP contribution in [0.5, 0.6) is 0 Å². The Morgan fingerprint density at radius 3 is 2.65 bits per heavy atom. The number of hydrogen-bond acceptors (Lipinski definition) is 5. The zero-order valence-corrected chi connectivity index (χ0v) is 14.9. The van der Waals surface area contributed by atoms with Crippen LogP contribution in [0.15, 0.2) is 68.9 Å². The van der Waals surface area contributed by atoms with Crippen molar-refractivity contribution in [3.63, 3.8) is 0 Å². The van der Waals surface area contributed by atoms with Gasteiger partial charge in [-0.1, -0.05) is 6.07 Å². The van der Waals surface area contributed by atoms with Gasteiger partial charge in [-0.3, -0.25) is 4.79 Å². The van der Waals surface area contributed by atoms with Crippen molar-refractivity contribution in [2.24, 2.45) is 0 Å². The first-order valence-corrected chi connectivity index (χ1v) is 9.36. The van der Waals surface area contributed by atoms with E-state index >= 15 is 0 Å². The third-order valence-corrected chi connectivity index (χ3v) is 5.21. The van der Waals surface area contributed by atoms with Gasteiger partial charge >= 0.3 is 0 Å². The second-order valence-electron chi connectivity index (χ2n) is 5.69. The van der Waals surface area contributed by atoms with E-state index in [9.17, 15) is 13.2 Å². The molecule has 0 aliphatic rings. The molecule has 0 saturated carbocycles. The molecule has 1 amide bonds. The summed E-state index contributed by atoms with van der Waals surface area (Å²) in [6.07, 6.45) is 4.52. The van der Waals surface area contributed by atoms with Crippen LogP contribution in [-0.4, -0.2) is 14.3 Å². The Labute approximate surface area is 151 Å². The van der Waals surface area contributed by atoms with Gasteiger partial charge in [0.25, 0.3) is 5.91 Å². The molecule has 2 N–H and O–H groups in total. The lowest BCUT2D eigenvalue weighted by atomic mass is 10.1. The standard InChI is InChI=1S/C18H18N2O5S/c1-13-4-5-16(26(22,23)20-11-15-3-2-7-25-15)9-17(13)18(21)19-10-14-6-8-24-12-14/h2-9,12,20H,10-11H2,1H3,(H,19,21). The molecule has 3 aromatic rings. The summed E-state index contributed by atoms with van der Waals surface area (Å²) in [5.74, 6) is 0.144. The van der Waals surface area contributed by atoms with Gasteiger partial charge in [0, 0.05) is 17.7 Å². The maximum atomic E-state index is 12.5. The molecule has 0 aliphatic carbocycles. The number of benzene rings is 1. The summed E-state index contributed by atoms with van der Waals surface area (Å²) in [5.41, 5.74) is 1.80. The molecule has 2 aromatic heterocycles. The predicted molar refractivity (Wildman–Crippen MR) is 93.8 cm³/mol. The van der Waals surface area contributed by atoms with E-state index < -0.39 is 10.0 Å². The molecule has 7 nitrogen and oxygen atoms in total. The highest BCUT2D eigenvalue weighted by atomic mass is 32.2. The molecule has 26 heavy (non-hydrogen) atoms. The molecule has 3 rings (SSSR count). The van der Waals surface area contributed by atoms with E-state index in [1.54, 1.807) is 31.2 Å². The minimum atomic E-state index is -3.77. The fourth-order valence-electron chi connectivity index (χ4n) is 2.35. The number of carbonyl (C=O) groups excluding carboxylic acids is 1. The normalized spacial score (nSPS) is 11.4. The van der Waals surface area contributed by atoms with Crippen molar-refractivity contribution in [3.8, 4) is 0 Å². The van der Waals surface area contributed by atoms with Crippen LogP contribution >= 0.6 is 0 Å². The first-order chi connectivity index (χ1) is 12.5. The maximum Gasteiger partial charge on any atom is 0.251 e. The topological polar surface area (TPSA) is 102 Å². The third kappa shape index (κ3) is 4.22. The summed E-state index contributed by atoms with van der Waals surface area (Å²) in [6.45, 7) is 2.08. The molecule has 0 bridgehead atoms. The summed E-state index contributed by atoms with van der Waals surface area (Å²) in [7, 11) is -3.77. The van der Waals surface area contributed by atoms with E-state index in [0.717, 1.165) is 5.56 Å². The summed E-state index contributed by atoms with van der Waals surface area (Å²) in [5, 5.41) is 2.75. The van der Waals surface area contributed by atoms with E-state index in [-0.39, 0.29) is 17.3 Å². The predicted octanol–water partition coefficient (Wildman–Crippen LogP) is 2.59. The Balaban J connectivity index is 1.74. The molecule has 0 radical (unpaired) electrons. The molecule has 0 aliphatic heterocycles. The van der Waals surface area contributed by atoms with Crippen LogP contribution in [0, 0.1) is 6.92 Å². The lowest BCUT2D eigenvalue weighted by Gasteiger charge is -2.10. The number of amides is 1. The minimum absolute atomic E-state index is 0.0168. The summed E-state index contributed by atoms with van der Waals surface area (Å²) in [6, 6.07) is 9.53. The highest BCUT2D eigenvalue weighted by Gasteiger charge is 2.18. The molecular weight excluding hydrogens is 356 g/mol. The quantitative estimate of drug-likeness (QED) is 0.662. The van der Waals surface area contributed by atoms with Crippen molar-refractivity contribution < 1.29 is 22.0 Å². The second-order valence-corrected chi connectivity index (χ2v) is 7.46. The average Bonchev–Trinajstić information content (AvgIpc) is 3.32. The van der Waals surface area contributed by atoms with Crippen LogP contribution < -0.4 is 10.0 Å². The molecule has 0 unspecified atom stereocenters. The zero-order chi connectivity index (χ0) is 18.6. The Hall–Kier alpha value is -2.84. The lowest BCUT2D eigenvalue weighted by molar-refractivity contribution is 0.0950. The van der Waals surface area contributed by atoms with Crippen LogP contribution in [-0.2, 0) is 23.1 Å². The summed E-state index contributed by atoms with van der Waals surface area (Å²) in [4.78, 5) is 12.4. The van der Waals surface area contributed by atoms with Gasteiger partial charge < -0.3 is 14.2 Å². The Bertz CT molecular complexity index is 977. The van der Waals surface area contributed by atoms with Gasteiger partial charge in [0.1, 0.15) is 5.76 Å². The van der Waals surface area contributed by atoms with E-state index in [2.05, 4.69) is 10.0 Å². The molecule has 136 valence electrons. The van der Waals surface area contributed by atoms with Crippen molar-refractivity contribution in [2.45, 2.75) is 24.9 Å². The molecule has 0 fully saturated rings. The molecular formula is C18H18N2O5S. The highest BCUT2D eigenvalue weighted by molar-refractivity contribution is 7.89. The highest BCUT2D eigenvalue weighted by Crippen LogP contribution is 2.16. The van der Waals surface area contributed by atoms with Crippen LogP contribution in [0.1, 0.15) is 27.2 Å². The third-order valence-electron chi connectivity index (χ3n) is 3.81. The molecule has 0 atom stereocenters. The molecule has 8 heteroatoms. The van der Waals surface area contributed by atoms with Gasteiger partial charge in [-0.05, 0) is 42.8 Å². The first-order valence-electron chi connectivity index (χ1n) is 7.88. The number of nitrogens with one attached hydrogen (secondary N) is 2. The van der Waals surface area contributed by atoms with Crippen molar-refractivity contribution in [1.82, 2.24) is 10.0 Å². The SMILES string of the molecule is Cc1ccc(S(=O)(=O)NCc2ccco2)cc1C(=O)NCc1ccoc1. The van der Waals surface area contributed by atoms with Crippen LogP contribution in [0.25, 0.3) is 0 Å². The number of aryl methyl sites for hydroxylation is 1. The van der Waals surface area contributed by atoms with Crippen molar-refractivity contribution in [3.05, 3.63) is 77.6 Å². The molecule has 0 saturated heterocycles. The van der Waals surface area contributed by atoms with Crippen molar-refractivity contribution >= 4 is 15.9 Å². The summed E-state index contributed by atoms with van der Waals surface area (Å²) >= 11 is 0. The van der Waals surface area contributed by atoms with E-state index in [1.165, 1.54) is 30.9 Å². The van der Waals surface area contributed by atoms with Gasteiger partial charge in [-0.15, -0.1) is 0 Å². The largest absolute Gasteiger partial charge is 0.472 e. The van der Waals surface area contributed by atoms with E-state index in [4.69, 9.17) is 8.83 Å². The zero-order valence-electron chi connectivity index (χ0n) is 14.1. The fourth-order valence-corrected chi connectivity index (χ4v) is 3.37. The van der Waals surface area contributed by atoms with Gasteiger partial charge in [-0.25, -0.2) is 13.1 Å². The molecule has 2 heterocycles. The number of hydrogen-bond donors (Lipinski definition) is 2. The maximum absolute atomic E-state index is 12.5. The number of rotatable bonds is 7. The van der Waals surface area contributed by atoms with Gasteiger partial charge in [0.2, 0.25) is 10.0 Å². The van der Waals surface area contributed by atoms with Crippen LogP contribution in [0.2, 0.25) is 0 Å². The van der Waals surface area contributed by atoms with Gasteiger partial charge in [0.15, 0.2) is 0 Å². The fraction of sp³-hybridized carbons (Fsp3) is 0.167. The average molecular weight is 374 g/mol. The smallest absolute Gasteiger partial charge is 0.251 e. The van der Waals surface area contributed by atoms with Gasteiger partial charge in [0.05, 0.1) is 30.2 Å². The Morgan fingerprint density at radius 1 is 1.12 bits per heavy atom. The number of sulfonamides is 1. The number of carbonyl (C=O) groups is 1. The Kier molecular flexibility index (Phi) is 5.24. The number of furan rings is 2. The van der Waals surface area contributed by atoms with Gasteiger partial charge in [-0.2, -0.15) is 0 Å². The second kappa shape index (κ2) is 7.59. The van der Waals surface area contributed by atoms with Crippen LogP contribution in [0.4, 0.5) is 0 Å². The van der Waals surface area contributed by atoms with E-state index in [1.807, 2.05) is 0 Å². The molecule has 1 aromatic carbocycles. The van der Waals surface area contributed by atoms with Crippen molar-refractivity contribution in [2.75, 3.05) is 0 Å². The Morgan fingerprint density at radius 2 is 1.96 bits per heavy atom. The van der Waals surface area contributed by atoms with E-state index in [0.29, 0.717) is 23.4 Å². The minimum Gasteiger partial charge on any atom is -0.472 e.